The van der Waals surface area contributed by atoms with Crippen molar-refractivity contribution in [2.45, 2.75) is 13.8 Å². The Morgan fingerprint density at radius 2 is 2.00 bits per heavy atom. The van der Waals surface area contributed by atoms with Crippen molar-refractivity contribution in [2.24, 2.45) is 15.9 Å². The summed E-state index contributed by atoms with van der Waals surface area (Å²) in [6.45, 7) is 4.16. The fourth-order valence-electron chi connectivity index (χ4n) is 0.620. The van der Waals surface area contributed by atoms with Crippen molar-refractivity contribution in [3.63, 3.8) is 0 Å². The Morgan fingerprint density at radius 3 is 2.30 bits per heavy atom. The van der Waals surface area contributed by atoms with Crippen molar-refractivity contribution in [1.82, 2.24) is 5.32 Å². The van der Waals surface area contributed by atoms with Crippen molar-refractivity contribution < 1.29 is 0 Å². The van der Waals surface area contributed by atoms with Crippen LogP contribution in [0.15, 0.2) is 9.98 Å². The Labute approximate surface area is 62.3 Å². The van der Waals surface area contributed by atoms with E-state index in [1.165, 1.54) is 0 Å². The quantitative estimate of drug-likeness (QED) is 0.450. The molecule has 3 nitrogen and oxygen atoms in total. The summed E-state index contributed by atoms with van der Waals surface area (Å²) >= 11 is 0. The monoisotopic (exact) mass is 141 g/mol. The fourth-order valence-corrected chi connectivity index (χ4v) is 0.620. The molecule has 0 saturated heterocycles. The van der Waals surface area contributed by atoms with Gasteiger partial charge in [-0.15, -0.1) is 0 Å². The third kappa shape index (κ3) is 3.22. The molecule has 0 aromatic carbocycles. The van der Waals surface area contributed by atoms with E-state index in [0.717, 1.165) is 5.84 Å². The molecule has 0 saturated carbocycles. The van der Waals surface area contributed by atoms with Gasteiger partial charge < -0.3 is 5.32 Å². The molecule has 0 aliphatic rings. The van der Waals surface area contributed by atoms with Gasteiger partial charge in [0, 0.05) is 20.0 Å². The maximum atomic E-state index is 4.04. The molecule has 0 unspecified atom stereocenters. The van der Waals surface area contributed by atoms with Crippen LogP contribution in [0.3, 0.4) is 0 Å². The van der Waals surface area contributed by atoms with Gasteiger partial charge in [0.1, 0.15) is 5.84 Å². The summed E-state index contributed by atoms with van der Waals surface area (Å²) in [4.78, 5) is 7.83. The van der Waals surface area contributed by atoms with E-state index in [2.05, 4.69) is 29.1 Å². The van der Waals surface area contributed by atoms with Gasteiger partial charge in [-0.3, -0.25) is 9.98 Å². The van der Waals surface area contributed by atoms with Crippen LogP contribution in [0.1, 0.15) is 13.8 Å². The van der Waals surface area contributed by atoms with Crippen LogP contribution in [-0.4, -0.2) is 26.3 Å². The highest BCUT2D eigenvalue weighted by Gasteiger charge is 1.99. The van der Waals surface area contributed by atoms with Crippen LogP contribution in [-0.2, 0) is 0 Å². The van der Waals surface area contributed by atoms with E-state index >= 15 is 0 Å². The van der Waals surface area contributed by atoms with E-state index < -0.39 is 0 Å². The zero-order chi connectivity index (χ0) is 7.98. The van der Waals surface area contributed by atoms with Crippen molar-refractivity contribution >= 4 is 12.2 Å². The number of amidine groups is 1. The molecule has 0 atom stereocenters. The zero-order valence-electron chi connectivity index (χ0n) is 7.05. The summed E-state index contributed by atoms with van der Waals surface area (Å²) in [5.74, 6) is 1.40. The van der Waals surface area contributed by atoms with E-state index in [4.69, 9.17) is 0 Å². The molecule has 0 spiro atoms. The van der Waals surface area contributed by atoms with Gasteiger partial charge in [0.15, 0.2) is 0 Å². The lowest BCUT2D eigenvalue weighted by Crippen LogP contribution is -2.26. The van der Waals surface area contributed by atoms with Gasteiger partial charge in [0.2, 0.25) is 0 Å². The molecule has 0 bridgehead atoms. The first-order valence-electron chi connectivity index (χ1n) is 3.36. The van der Waals surface area contributed by atoms with E-state index in [9.17, 15) is 0 Å². The first kappa shape index (κ1) is 9.14. The average Bonchev–Trinajstić information content (AvgIpc) is 1.89. The number of nitrogens with one attached hydrogen (secondary N) is 1. The highest BCUT2D eigenvalue weighted by molar-refractivity contribution is 5.92. The molecule has 10 heavy (non-hydrogen) atoms. The third-order valence-corrected chi connectivity index (χ3v) is 1.13. The second-order valence-corrected chi connectivity index (χ2v) is 2.30. The predicted molar refractivity (Wildman–Crippen MR) is 45.7 cm³/mol. The third-order valence-electron chi connectivity index (χ3n) is 1.13. The number of hydrogen-bond donors (Lipinski definition) is 1. The minimum atomic E-state index is 0.433. The zero-order valence-corrected chi connectivity index (χ0v) is 7.05. The molecular weight excluding hydrogens is 126 g/mol. The van der Waals surface area contributed by atoms with Crippen LogP contribution in [0.4, 0.5) is 0 Å². The number of hydrogen-bond acceptors (Lipinski definition) is 2. The van der Waals surface area contributed by atoms with Gasteiger partial charge >= 0.3 is 0 Å². The SMILES string of the molecule is CN=CNC(=NC)C(C)C. The Hall–Kier alpha value is -0.860. The average molecular weight is 141 g/mol. The summed E-state index contributed by atoms with van der Waals surface area (Å²) in [6.07, 6.45) is 1.64. The second kappa shape index (κ2) is 4.97. The molecule has 1 N–H and O–H groups in total. The molecule has 0 amide bonds. The van der Waals surface area contributed by atoms with E-state index in [1.807, 2.05) is 0 Å². The van der Waals surface area contributed by atoms with Crippen LogP contribution in [0, 0.1) is 5.92 Å². The molecule has 0 heterocycles. The maximum Gasteiger partial charge on any atom is 0.104 e. The van der Waals surface area contributed by atoms with Crippen molar-refractivity contribution in [1.29, 1.82) is 0 Å². The van der Waals surface area contributed by atoms with Crippen molar-refractivity contribution in [3.8, 4) is 0 Å². The number of nitrogens with zero attached hydrogens (tertiary/aromatic N) is 2. The summed E-state index contributed by atoms with van der Waals surface area (Å²) < 4.78 is 0. The van der Waals surface area contributed by atoms with Gasteiger partial charge in [-0.2, -0.15) is 0 Å². The molecule has 0 fully saturated rings. The minimum absolute atomic E-state index is 0.433. The van der Waals surface area contributed by atoms with E-state index in [1.54, 1.807) is 20.4 Å². The fraction of sp³-hybridized carbons (Fsp3) is 0.714. The lowest BCUT2D eigenvalue weighted by atomic mass is 10.2. The highest BCUT2D eigenvalue weighted by Crippen LogP contribution is 1.91. The molecule has 3 heteroatoms. The van der Waals surface area contributed by atoms with E-state index in [-0.39, 0.29) is 0 Å². The summed E-state index contributed by atoms with van der Waals surface area (Å²) in [6, 6.07) is 0. The summed E-state index contributed by atoms with van der Waals surface area (Å²) in [5, 5.41) is 2.98. The van der Waals surface area contributed by atoms with Gasteiger partial charge in [-0.1, -0.05) is 13.8 Å². The molecule has 0 aliphatic carbocycles. The molecule has 0 radical (unpaired) electrons. The molecule has 58 valence electrons. The van der Waals surface area contributed by atoms with Crippen LogP contribution in [0.25, 0.3) is 0 Å². The second-order valence-electron chi connectivity index (χ2n) is 2.30. The Bertz CT molecular complexity index is 136. The molecular formula is C7H15N3. The standard InChI is InChI=1S/C7H15N3/c1-6(2)7(9-4)10-5-8-3/h5-6H,1-4H3,(H,8,9,10). The highest BCUT2D eigenvalue weighted by atomic mass is 15.0. The van der Waals surface area contributed by atoms with E-state index in [0.29, 0.717) is 5.92 Å². The number of rotatable bonds is 2. The van der Waals surface area contributed by atoms with Gasteiger partial charge in [-0.25, -0.2) is 0 Å². The molecule has 0 rings (SSSR count). The van der Waals surface area contributed by atoms with Gasteiger partial charge in [0.25, 0.3) is 0 Å². The Balaban J connectivity index is 3.86. The number of aliphatic imine (C=N–C) groups is 2. The minimum Gasteiger partial charge on any atom is -0.335 e. The first-order valence-corrected chi connectivity index (χ1v) is 3.36. The van der Waals surface area contributed by atoms with Crippen LogP contribution >= 0.6 is 0 Å². The normalized spacial score (nSPS) is 13.1. The van der Waals surface area contributed by atoms with Crippen LogP contribution < -0.4 is 5.32 Å². The summed E-state index contributed by atoms with van der Waals surface area (Å²) in [5.41, 5.74) is 0. The smallest absolute Gasteiger partial charge is 0.104 e. The largest absolute Gasteiger partial charge is 0.335 e. The lowest BCUT2D eigenvalue weighted by Gasteiger charge is -2.06. The molecule has 0 aromatic rings. The Kier molecular flexibility index (Phi) is 4.54. The first-order chi connectivity index (χ1) is 4.72. The van der Waals surface area contributed by atoms with Gasteiger partial charge in [0.05, 0.1) is 6.34 Å². The van der Waals surface area contributed by atoms with Gasteiger partial charge in [-0.05, 0) is 0 Å². The maximum absolute atomic E-state index is 4.04. The molecule has 0 aliphatic heterocycles. The van der Waals surface area contributed by atoms with Crippen LogP contribution in [0.5, 0.6) is 0 Å². The Morgan fingerprint density at radius 1 is 1.40 bits per heavy atom. The summed E-state index contributed by atoms with van der Waals surface area (Å²) in [7, 11) is 3.49. The predicted octanol–water partition coefficient (Wildman–Crippen LogP) is 0.918. The lowest BCUT2D eigenvalue weighted by molar-refractivity contribution is 0.854. The molecule has 0 aromatic heterocycles. The van der Waals surface area contributed by atoms with Crippen molar-refractivity contribution in [3.05, 3.63) is 0 Å². The van der Waals surface area contributed by atoms with Crippen LogP contribution in [0.2, 0.25) is 0 Å². The van der Waals surface area contributed by atoms with Crippen molar-refractivity contribution in [2.75, 3.05) is 14.1 Å². The topological polar surface area (TPSA) is 36.8 Å².